The maximum absolute atomic E-state index is 12.4. The molecule has 0 radical (unpaired) electrons. The van der Waals surface area contributed by atoms with Gasteiger partial charge < -0.3 is 5.32 Å². The van der Waals surface area contributed by atoms with Crippen molar-refractivity contribution >= 4 is 11.6 Å². The van der Waals surface area contributed by atoms with Crippen LogP contribution in [0, 0.1) is 5.41 Å². The molecule has 0 saturated carbocycles. The van der Waals surface area contributed by atoms with Crippen LogP contribution >= 0.6 is 0 Å². The minimum Gasteiger partial charge on any atom is -0.309 e. The fraction of sp³-hybridized carbons (Fsp3) is 0.619. The van der Waals surface area contributed by atoms with Crippen molar-refractivity contribution in [3.63, 3.8) is 0 Å². The van der Waals surface area contributed by atoms with E-state index < -0.39 is 0 Å². The first-order chi connectivity index (χ1) is 11.0. The highest BCUT2D eigenvalue weighted by Gasteiger charge is 2.24. The number of hydrogen-bond donors (Lipinski definition) is 1. The van der Waals surface area contributed by atoms with Gasteiger partial charge in [-0.15, -0.1) is 0 Å². The van der Waals surface area contributed by atoms with Crippen molar-refractivity contribution < 1.29 is 9.59 Å². The third-order valence-corrected chi connectivity index (χ3v) is 3.90. The predicted molar refractivity (Wildman–Crippen MR) is 100 cm³/mol. The maximum atomic E-state index is 12.4. The zero-order valence-electron chi connectivity index (χ0n) is 16.1. The second kappa shape index (κ2) is 8.57. The van der Waals surface area contributed by atoms with E-state index in [9.17, 15) is 9.59 Å². The van der Waals surface area contributed by atoms with Crippen LogP contribution in [0.2, 0.25) is 0 Å². The molecule has 0 aliphatic heterocycles. The highest BCUT2D eigenvalue weighted by atomic mass is 16.1. The summed E-state index contributed by atoms with van der Waals surface area (Å²) in [4.78, 5) is 24.4. The highest BCUT2D eigenvalue weighted by molar-refractivity contribution is 5.88. The molecular formula is C21H33NO2. The number of Topliss-reactive ketones (excluding diaryl/α,β-unsaturated/α-hetero) is 2. The van der Waals surface area contributed by atoms with E-state index in [2.05, 4.69) is 38.2 Å². The Morgan fingerprint density at radius 1 is 0.958 bits per heavy atom. The molecule has 3 heteroatoms. The zero-order chi connectivity index (χ0) is 18.4. The topological polar surface area (TPSA) is 46.2 Å². The monoisotopic (exact) mass is 331 g/mol. The lowest BCUT2D eigenvalue weighted by Crippen LogP contribution is -2.45. The van der Waals surface area contributed by atoms with Gasteiger partial charge in [-0.1, -0.05) is 51.1 Å². The highest BCUT2D eigenvalue weighted by Crippen LogP contribution is 2.19. The molecule has 1 rings (SSSR count). The van der Waals surface area contributed by atoms with Gasteiger partial charge in [0.1, 0.15) is 11.6 Å². The SMILES string of the molecule is CC(C)(C)N[C@H](CC(=O)CCC(=O)C(C)(C)C)Cc1ccccc1. The van der Waals surface area contributed by atoms with Crippen LogP contribution in [0.25, 0.3) is 0 Å². The minimum atomic E-state index is -0.368. The van der Waals surface area contributed by atoms with Crippen LogP contribution < -0.4 is 5.32 Å². The van der Waals surface area contributed by atoms with Crippen LogP contribution in [0.4, 0.5) is 0 Å². The molecule has 1 N–H and O–H groups in total. The van der Waals surface area contributed by atoms with E-state index in [0.717, 1.165) is 6.42 Å². The summed E-state index contributed by atoms with van der Waals surface area (Å²) in [6.45, 7) is 12.0. The molecule has 0 aliphatic rings. The fourth-order valence-corrected chi connectivity index (χ4v) is 2.69. The summed E-state index contributed by atoms with van der Waals surface area (Å²) in [6, 6.07) is 10.3. The molecule has 0 spiro atoms. The number of benzene rings is 1. The van der Waals surface area contributed by atoms with Crippen LogP contribution in [0.3, 0.4) is 0 Å². The minimum absolute atomic E-state index is 0.0546. The van der Waals surface area contributed by atoms with E-state index >= 15 is 0 Å². The van der Waals surface area contributed by atoms with E-state index in [-0.39, 0.29) is 28.6 Å². The molecule has 0 bridgehead atoms. The van der Waals surface area contributed by atoms with Gasteiger partial charge in [0.25, 0.3) is 0 Å². The first-order valence-electron chi connectivity index (χ1n) is 8.84. The summed E-state index contributed by atoms with van der Waals surface area (Å²) in [5, 5.41) is 3.55. The van der Waals surface area contributed by atoms with Gasteiger partial charge in [0, 0.05) is 36.3 Å². The number of hydrogen-bond acceptors (Lipinski definition) is 3. The molecule has 0 aromatic heterocycles. The lowest BCUT2D eigenvalue weighted by atomic mass is 9.87. The van der Waals surface area contributed by atoms with Crippen LogP contribution in [-0.2, 0) is 16.0 Å². The first-order valence-corrected chi connectivity index (χ1v) is 8.84. The van der Waals surface area contributed by atoms with Crippen LogP contribution in [-0.4, -0.2) is 23.1 Å². The Hall–Kier alpha value is -1.48. The second-order valence-electron chi connectivity index (χ2n) is 8.70. The van der Waals surface area contributed by atoms with Crippen LogP contribution in [0.15, 0.2) is 30.3 Å². The Morgan fingerprint density at radius 2 is 1.54 bits per heavy atom. The Labute approximate surface area is 147 Å². The fourth-order valence-electron chi connectivity index (χ4n) is 2.69. The molecule has 1 aromatic carbocycles. The average Bonchev–Trinajstić information content (AvgIpc) is 2.42. The van der Waals surface area contributed by atoms with E-state index in [0.29, 0.717) is 19.3 Å². The summed E-state index contributed by atoms with van der Waals surface area (Å²) in [7, 11) is 0. The van der Waals surface area contributed by atoms with Crippen molar-refractivity contribution in [2.75, 3.05) is 0 Å². The maximum Gasteiger partial charge on any atom is 0.138 e. The summed E-state index contributed by atoms with van der Waals surface area (Å²) in [5.74, 6) is 0.310. The van der Waals surface area contributed by atoms with Crippen molar-refractivity contribution in [1.82, 2.24) is 5.32 Å². The van der Waals surface area contributed by atoms with Crippen LogP contribution in [0.5, 0.6) is 0 Å². The van der Waals surface area contributed by atoms with Crippen molar-refractivity contribution in [2.45, 2.75) is 78.8 Å². The molecule has 3 nitrogen and oxygen atoms in total. The van der Waals surface area contributed by atoms with Gasteiger partial charge in [-0.3, -0.25) is 9.59 Å². The third-order valence-electron chi connectivity index (χ3n) is 3.90. The molecular weight excluding hydrogens is 298 g/mol. The van der Waals surface area contributed by atoms with Crippen molar-refractivity contribution in [3.8, 4) is 0 Å². The lowest BCUT2D eigenvalue weighted by molar-refractivity contribution is -0.129. The van der Waals surface area contributed by atoms with E-state index in [1.54, 1.807) is 0 Å². The van der Waals surface area contributed by atoms with Gasteiger partial charge in [-0.2, -0.15) is 0 Å². The quantitative estimate of drug-likeness (QED) is 0.771. The summed E-state index contributed by atoms with van der Waals surface area (Å²) >= 11 is 0. The number of nitrogens with one attached hydrogen (secondary N) is 1. The molecule has 0 saturated heterocycles. The van der Waals surface area contributed by atoms with Gasteiger partial charge >= 0.3 is 0 Å². The van der Waals surface area contributed by atoms with E-state index in [1.165, 1.54) is 5.56 Å². The van der Waals surface area contributed by atoms with Crippen molar-refractivity contribution in [1.29, 1.82) is 0 Å². The Kier molecular flexibility index (Phi) is 7.34. The normalized spacial score (nSPS) is 13.6. The van der Waals surface area contributed by atoms with Gasteiger partial charge in [0.15, 0.2) is 0 Å². The predicted octanol–water partition coefficient (Wildman–Crippen LogP) is 4.34. The molecule has 24 heavy (non-hydrogen) atoms. The van der Waals surface area contributed by atoms with Gasteiger partial charge in [0.2, 0.25) is 0 Å². The van der Waals surface area contributed by atoms with E-state index in [4.69, 9.17) is 0 Å². The Balaban J connectivity index is 2.64. The number of rotatable bonds is 8. The van der Waals surface area contributed by atoms with E-state index in [1.807, 2.05) is 39.0 Å². The molecule has 1 aromatic rings. The van der Waals surface area contributed by atoms with Gasteiger partial charge in [-0.05, 0) is 32.8 Å². The molecule has 0 unspecified atom stereocenters. The lowest BCUT2D eigenvalue weighted by Gasteiger charge is -2.28. The first kappa shape index (κ1) is 20.6. The molecule has 0 aliphatic carbocycles. The largest absolute Gasteiger partial charge is 0.309 e. The summed E-state index contributed by atoms with van der Waals surface area (Å²) < 4.78 is 0. The Bertz CT molecular complexity index is 535. The van der Waals surface area contributed by atoms with Crippen molar-refractivity contribution in [3.05, 3.63) is 35.9 Å². The van der Waals surface area contributed by atoms with Crippen LogP contribution in [0.1, 0.15) is 66.4 Å². The number of carbonyl (C=O) groups is 2. The molecule has 0 fully saturated rings. The van der Waals surface area contributed by atoms with Gasteiger partial charge in [-0.25, -0.2) is 0 Å². The summed E-state index contributed by atoms with van der Waals surface area (Å²) in [6.07, 6.45) is 1.96. The number of carbonyl (C=O) groups excluding carboxylic acids is 2. The second-order valence-corrected chi connectivity index (χ2v) is 8.70. The molecule has 1 atom stereocenters. The van der Waals surface area contributed by atoms with Gasteiger partial charge in [0.05, 0.1) is 0 Å². The molecule has 0 heterocycles. The Morgan fingerprint density at radius 3 is 2.04 bits per heavy atom. The zero-order valence-corrected chi connectivity index (χ0v) is 16.1. The smallest absolute Gasteiger partial charge is 0.138 e. The third kappa shape index (κ3) is 8.39. The number of ketones is 2. The molecule has 134 valence electrons. The van der Waals surface area contributed by atoms with Crippen molar-refractivity contribution in [2.24, 2.45) is 5.41 Å². The average molecular weight is 331 g/mol. The molecule has 0 amide bonds. The summed E-state index contributed by atoms with van der Waals surface area (Å²) in [5.41, 5.74) is 0.798. The standard InChI is InChI=1S/C21H33NO2/c1-20(2,3)19(24)13-12-18(23)15-17(22-21(4,5)6)14-16-10-8-7-9-11-16/h7-11,17,22H,12-15H2,1-6H3/t17-/m0/s1.